The van der Waals surface area contributed by atoms with Crippen molar-refractivity contribution in [3.8, 4) is 5.75 Å². The number of thiophene rings is 2. The van der Waals surface area contributed by atoms with Crippen molar-refractivity contribution in [3.63, 3.8) is 0 Å². The summed E-state index contributed by atoms with van der Waals surface area (Å²) >= 11 is 2.74. The fourth-order valence-electron chi connectivity index (χ4n) is 5.47. The molecule has 0 saturated carbocycles. The smallest absolute Gasteiger partial charge is 0.349 e. The van der Waals surface area contributed by atoms with E-state index >= 15 is 0 Å². The van der Waals surface area contributed by atoms with Gasteiger partial charge in [0.15, 0.2) is 0 Å². The van der Waals surface area contributed by atoms with Gasteiger partial charge in [0.1, 0.15) is 30.4 Å². The number of aromatic carboxylic acids is 1. The topological polar surface area (TPSA) is 119 Å². The number of benzene rings is 1. The highest BCUT2D eigenvalue weighted by Crippen LogP contribution is 2.52. The minimum absolute atomic E-state index is 0.161. The minimum Gasteiger partial charge on any atom is -0.872 e. The molecule has 0 amide bonds. The lowest BCUT2D eigenvalue weighted by molar-refractivity contribution is -0.938. The number of carboxylic acid groups (broad SMARTS) is 1. The number of carbonyl (C=O) groups is 2. The van der Waals surface area contributed by atoms with Crippen LogP contribution in [-0.4, -0.2) is 71.1 Å². The summed E-state index contributed by atoms with van der Waals surface area (Å²) in [4.78, 5) is 24.5. The lowest BCUT2D eigenvalue weighted by atomic mass is 9.95. The SMILES string of the molecule is C[N+]1(C)C2CC(OC(=O)C(O)(c3cccs3)c3cccs3)CC1C1OC12.O=C(O)c1ccccc1[O-]. The van der Waals surface area contributed by atoms with Gasteiger partial charge in [0.2, 0.25) is 5.60 Å². The van der Waals surface area contributed by atoms with Gasteiger partial charge in [-0.2, -0.15) is 0 Å². The number of fused-ring (bicyclic) bond motifs is 5. The molecule has 3 aliphatic heterocycles. The third-order valence-electron chi connectivity index (χ3n) is 7.48. The van der Waals surface area contributed by atoms with Crippen LogP contribution in [0.5, 0.6) is 5.75 Å². The van der Waals surface area contributed by atoms with E-state index in [1.807, 2.05) is 22.9 Å². The summed E-state index contributed by atoms with van der Waals surface area (Å²) in [5.41, 5.74) is -1.90. The molecular formula is C26H27NO7S2. The second kappa shape index (κ2) is 9.28. The van der Waals surface area contributed by atoms with Gasteiger partial charge in [-0.15, -0.1) is 22.7 Å². The number of likely N-dealkylation sites (N-methyl/N-ethyl adjacent to an activating group) is 1. The average molecular weight is 530 g/mol. The van der Waals surface area contributed by atoms with E-state index in [9.17, 15) is 19.8 Å². The van der Waals surface area contributed by atoms with Gasteiger partial charge in [0, 0.05) is 12.8 Å². The summed E-state index contributed by atoms with van der Waals surface area (Å²) in [6.07, 6.45) is 2.05. The molecule has 0 radical (unpaired) electrons. The molecule has 4 atom stereocenters. The van der Waals surface area contributed by atoms with Gasteiger partial charge in [0.05, 0.1) is 29.4 Å². The largest absolute Gasteiger partial charge is 0.872 e. The maximum absolute atomic E-state index is 13.1. The second-order valence-corrected chi connectivity index (χ2v) is 11.7. The molecule has 3 fully saturated rings. The lowest BCUT2D eigenvalue weighted by Gasteiger charge is -2.45. The highest BCUT2D eigenvalue weighted by Gasteiger charge is 2.71. The number of carbonyl (C=O) groups excluding carboxylic acids is 1. The Kier molecular flexibility index (Phi) is 6.42. The van der Waals surface area contributed by atoms with Crippen molar-refractivity contribution in [3.05, 3.63) is 74.6 Å². The fraction of sp³-hybridized carbons (Fsp3) is 0.385. The van der Waals surface area contributed by atoms with Gasteiger partial charge in [-0.25, -0.2) is 9.59 Å². The summed E-state index contributed by atoms with van der Waals surface area (Å²) in [5.74, 6) is -2.19. The zero-order valence-electron chi connectivity index (χ0n) is 19.8. The standard InChI is InChI=1S/C19H22NO4S2.C7H6O3/c1-20(2)12-9-11(10-13(20)17-16(12)24-17)23-18(21)19(22,14-5-3-7-25-14)15-6-4-8-26-15;8-6-4-2-1-3-5(6)7(9)10/h3-8,11-13,16-17,22H,9-10H2,1-2H3;1-4,8H,(H,9,10)/q+1;/p-1. The number of morpholine rings is 1. The van der Waals surface area contributed by atoms with Crippen LogP contribution in [0.25, 0.3) is 0 Å². The molecule has 0 aliphatic carbocycles. The molecule has 5 heterocycles. The van der Waals surface area contributed by atoms with Gasteiger partial charge < -0.3 is 29.3 Å². The number of hydrogen-bond acceptors (Lipinski definition) is 8. The summed E-state index contributed by atoms with van der Waals surface area (Å²) in [6.45, 7) is 0. The van der Waals surface area contributed by atoms with Crippen molar-refractivity contribution < 1.29 is 38.9 Å². The number of nitrogens with zero attached hydrogens (tertiary/aromatic N) is 1. The van der Waals surface area contributed by atoms with Gasteiger partial charge >= 0.3 is 11.9 Å². The molecular weight excluding hydrogens is 502 g/mol. The molecule has 8 nitrogen and oxygen atoms in total. The summed E-state index contributed by atoms with van der Waals surface area (Å²) in [6, 6.07) is 13.5. The van der Waals surface area contributed by atoms with Crippen LogP contribution in [0.1, 0.15) is 33.0 Å². The first-order valence-electron chi connectivity index (χ1n) is 11.6. The maximum Gasteiger partial charge on any atom is 0.349 e. The van der Waals surface area contributed by atoms with E-state index in [1.165, 1.54) is 46.9 Å². The molecule has 3 aliphatic rings. The fourth-order valence-corrected chi connectivity index (χ4v) is 7.19. The molecule has 36 heavy (non-hydrogen) atoms. The minimum atomic E-state index is -1.72. The van der Waals surface area contributed by atoms with Crippen LogP contribution in [-0.2, 0) is 19.9 Å². The van der Waals surface area contributed by atoms with Crippen LogP contribution < -0.4 is 5.11 Å². The molecule has 2 bridgehead atoms. The Bertz CT molecular complexity index is 1190. The summed E-state index contributed by atoms with van der Waals surface area (Å²) < 4.78 is 12.6. The van der Waals surface area contributed by atoms with Crippen molar-refractivity contribution in [2.75, 3.05) is 14.1 Å². The first-order chi connectivity index (χ1) is 17.1. The Morgan fingerprint density at radius 2 is 1.56 bits per heavy atom. The quantitative estimate of drug-likeness (QED) is 0.296. The molecule has 0 spiro atoms. The molecule has 3 aromatic rings. The number of quaternary nitrogens is 1. The Labute approximate surface area is 216 Å². The molecule has 3 saturated heterocycles. The van der Waals surface area contributed by atoms with Crippen LogP contribution in [0.3, 0.4) is 0 Å². The number of para-hydroxylation sites is 1. The number of aliphatic hydroxyl groups is 1. The predicted octanol–water partition coefficient (Wildman–Crippen LogP) is 2.80. The highest BCUT2D eigenvalue weighted by atomic mass is 32.1. The van der Waals surface area contributed by atoms with Gasteiger partial charge in [0.25, 0.3) is 0 Å². The first-order valence-corrected chi connectivity index (χ1v) is 13.4. The monoisotopic (exact) mass is 529 g/mol. The Morgan fingerprint density at radius 3 is 2.00 bits per heavy atom. The zero-order chi connectivity index (χ0) is 25.7. The predicted molar refractivity (Wildman–Crippen MR) is 132 cm³/mol. The number of ether oxygens (including phenoxy) is 2. The van der Waals surface area contributed by atoms with Crippen molar-refractivity contribution in [2.24, 2.45) is 0 Å². The third-order valence-corrected chi connectivity index (χ3v) is 9.44. The average Bonchev–Trinajstić information content (AvgIpc) is 3.18. The number of esters is 1. The second-order valence-electron chi connectivity index (χ2n) is 9.79. The summed E-state index contributed by atoms with van der Waals surface area (Å²) in [7, 11) is 4.49. The van der Waals surface area contributed by atoms with Gasteiger partial charge in [-0.3, -0.25) is 0 Å². The van der Waals surface area contributed by atoms with E-state index in [0.29, 0.717) is 34.0 Å². The molecule has 2 N–H and O–H groups in total. The van der Waals surface area contributed by atoms with Crippen molar-refractivity contribution in [1.29, 1.82) is 0 Å². The summed E-state index contributed by atoms with van der Waals surface area (Å²) in [5, 5.41) is 34.1. The molecule has 4 unspecified atom stereocenters. The lowest BCUT2D eigenvalue weighted by Crippen LogP contribution is -2.60. The van der Waals surface area contributed by atoms with E-state index < -0.39 is 23.3 Å². The van der Waals surface area contributed by atoms with E-state index in [1.54, 1.807) is 12.1 Å². The molecule has 6 rings (SSSR count). The van der Waals surface area contributed by atoms with Crippen LogP contribution in [0.4, 0.5) is 0 Å². The molecule has 10 heteroatoms. The molecule has 2 aromatic heterocycles. The van der Waals surface area contributed by atoms with Crippen molar-refractivity contribution >= 4 is 34.6 Å². The maximum atomic E-state index is 13.1. The number of piperidine rings is 1. The van der Waals surface area contributed by atoms with E-state index in [-0.39, 0.29) is 11.7 Å². The van der Waals surface area contributed by atoms with Crippen molar-refractivity contribution in [2.45, 2.75) is 48.8 Å². The van der Waals surface area contributed by atoms with Crippen LogP contribution in [0.2, 0.25) is 0 Å². The number of hydrogen-bond donors (Lipinski definition) is 2. The van der Waals surface area contributed by atoms with E-state index in [4.69, 9.17) is 14.6 Å². The van der Waals surface area contributed by atoms with E-state index in [0.717, 1.165) is 17.3 Å². The first kappa shape index (κ1) is 24.9. The number of rotatable bonds is 5. The van der Waals surface area contributed by atoms with Gasteiger partial charge in [-0.05, 0) is 29.0 Å². The Balaban J connectivity index is 0.000000226. The number of carboxylic acids is 1. The number of epoxide rings is 1. The van der Waals surface area contributed by atoms with Crippen LogP contribution >= 0.6 is 22.7 Å². The van der Waals surface area contributed by atoms with Crippen LogP contribution in [0.15, 0.2) is 59.3 Å². The Morgan fingerprint density at radius 1 is 1.00 bits per heavy atom. The highest BCUT2D eigenvalue weighted by molar-refractivity contribution is 7.12. The molecule has 1 aromatic carbocycles. The Hall–Kier alpha value is -2.76. The zero-order valence-corrected chi connectivity index (χ0v) is 21.4. The molecule has 190 valence electrons. The van der Waals surface area contributed by atoms with Crippen molar-refractivity contribution in [1.82, 2.24) is 0 Å². The third kappa shape index (κ3) is 4.22. The normalized spacial score (nSPS) is 27.4. The van der Waals surface area contributed by atoms with Crippen LogP contribution in [0, 0.1) is 0 Å². The van der Waals surface area contributed by atoms with E-state index in [2.05, 4.69) is 14.1 Å². The van der Waals surface area contributed by atoms with Gasteiger partial charge in [-0.1, -0.05) is 36.1 Å².